The fraction of sp³-hybridized carbons (Fsp3) is 0.308. The molecule has 176 valence electrons. The number of hydrogen-bond acceptors (Lipinski definition) is 6. The molecule has 1 aliphatic rings. The molecule has 0 unspecified atom stereocenters. The molecule has 0 bridgehead atoms. The Kier molecular flexibility index (Phi) is 6.10. The predicted octanol–water partition coefficient (Wildman–Crippen LogP) is 3.52. The Hall–Kier alpha value is -3.23. The van der Waals surface area contributed by atoms with Gasteiger partial charge >= 0.3 is 0 Å². The Morgan fingerprint density at radius 2 is 1.79 bits per heavy atom. The summed E-state index contributed by atoms with van der Waals surface area (Å²) >= 11 is 0. The highest BCUT2D eigenvalue weighted by molar-refractivity contribution is 7.90. The van der Waals surface area contributed by atoms with E-state index in [9.17, 15) is 8.42 Å². The Morgan fingerprint density at radius 3 is 2.59 bits per heavy atom. The zero-order chi connectivity index (χ0) is 23.7. The van der Waals surface area contributed by atoms with Crippen LogP contribution < -0.4 is 4.74 Å². The van der Waals surface area contributed by atoms with E-state index in [4.69, 9.17) is 4.74 Å². The molecule has 7 nitrogen and oxygen atoms in total. The Balaban J connectivity index is 1.54. The molecule has 0 fully saturated rings. The summed E-state index contributed by atoms with van der Waals surface area (Å²) in [5.41, 5.74) is 7.57. The summed E-state index contributed by atoms with van der Waals surface area (Å²) in [6.07, 6.45) is 6.62. The van der Waals surface area contributed by atoms with Crippen LogP contribution in [0.25, 0.3) is 27.9 Å². The minimum atomic E-state index is -2.96. The number of ether oxygens (including phenoxy) is 1. The van der Waals surface area contributed by atoms with Crippen molar-refractivity contribution in [3.8, 4) is 28.0 Å². The molecule has 0 saturated carbocycles. The van der Waals surface area contributed by atoms with E-state index in [-0.39, 0.29) is 5.75 Å². The highest BCUT2D eigenvalue weighted by Crippen LogP contribution is 2.40. The molecule has 2 aromatic heterocycles. The summed E-state index contributed by atoms with van der Waals surface area (Å²) in [4.78, 5) is 6.80. The van der Waals surface area contributed by atoms with Gasteiger partial charge in [0.05, 0.1) is 12.9 Å². The smallest absolute Gasteiger partial charge is 0.163 e. The van der Waals surface area contributed by atoms with Crippen molar-refractivity contribution in [2.75, 3.05) is 38.8 Å². The third kappa shape index (κ3) is 4.56. The predicted molar refractivity (Wildman–Crippen MR) is 134 cm³/mol. The molecule has 0 atom stereocenters. The second kappa shape index (κ2) is 9.19. The van der Waals surface area contributed by atoms with Gasteiger partial charge in [-0.1, -0.05) is 36.4 Å². The molecule has 0 N–H and O–H groups in total. The van der Waals surface area contributed by atoms with Crippen LogP contribution in [0.5, 0.6) is 5.75 Å². The molecule has 0 saturated heterocycles. The lowest BCUT2D eigenvalue weighted by Crippen LogP contribution is -2.31. The molecular formula is C26H28N4O3S. The summed E-state index contributed by atoms with van der Waals surface area (Å²) in [5.74, 6) is 0.992. The van der Waals surface area contributed by atoms with Crippen LogP contribution in [0.4, 0.5) is 0 Å². The molecule has 2 aromatic carbocycles. The number of pyridine rings is 1. The molecule has 0 spiro atoms. The second-order valence-corrected chi connectivity index (χ2v) is 11.0. The van der Waals surface area contributed by atoms with Crippen molar-refractivity contribution < 1.29 is 13.2 Å². The molecule has 8 heteroatoms. The van der Waals surface area contributed by atoms with Crippen LogP contribution in [0.15, 0.2) is 61.1 Å². The minimum absolute atomic E-state index is 0.204. The SMILES string of the molecule is COc1ccccc1-c1c(-c2ccc3c(c2)CCN(CCS(C)(=O)=O)CC3)ccn2ncnc12. The maximum Gasteiger partial charge on any atom is 0.163 e. The zero-order valence-corrected chi connectivity index (χ0v) is 20.3. The molecule has 0 amide bonds. The number of fused-ring (bicyclic) bond motifs is 2. The Labute approximate surface area is 199 Å². The standard InChI is InChI=1S/C26H28N4O3S/c1-33-24-6-4-3-5-23(24)25-22(11-14-30-26(25)27-18-28-30)21-8-7-19-9-12-29(13-10-20(19)17-21)15-16-34(2,31)32/h3-8,11,14,17-18H,9-10,12-13,15-16H2,1-2H3. The van der Waals surface area contributed by atoms with E-state index >= 15 is 0 Å². The lowest BCUT2D eigenvalue weighted by atomic mass is 9.92. The van der Waals surface area contributed by atoms with Crippen molar-refractivity contribution >= 4 is 15.5 Å². The van der Waals surface area contributed by atoms with Crippen LogP contribution in [0.2, 0.25) is 0 Å². The first kappa shape index (κ1) is 22.6. The Bertz CT molecular complexity index is 1450. The summed E-state index contributed by atoms with van der Waals surface area (Å²) < 4.78 is 30.7. The van der Waals surface area contributed by atoms with Crippen LogP contribution in [-0.2, 0) is 22.7 Å². The lowest BCUT2D eigenvalue weighted by molar-refractivity contribution is 0.304. The topological polar surface area (TPSA) is 76.8 Å². The summed E-state index contributed by atoms with van der Waals surface area (Å²) in [5, 5.41) is 4.34. The number of aromatic nitrogens is 3. The average Bonchev–Trinajstić information content (AvgIpc) is 3.22. The molecule has 1 aliphatic heterocycles. The van der Waals surface area contributed by atoms with Crippen LogP contribution in [0, 0.1) is 0 Å². The quantitative estimate of drug-likeness (QED) is 0.424. The van der Waals surface area contributed by atoms with E-state index in [0.717, 1.165) is 59.6 Å². The number of benzene rings is 2. The van der Waals surface area contributed by atoms with Gasteiger partial charge in [0.1, 0.15) is 21.9 Å². The van der Waals surface area contributed by atoms with Crippen LogP contribution in [-0.4, -0.2) is 66.7 Å². The van der Waals surface area contributed by atoms with Crippen molar-refractivity contribution in [3.05, 3.63) is 72.2 Å². The van der Waals surface area contributed by atoms with Gasteiger partial charge in [-0.25, -0.2) is 17.9 Å². The first-order valence-corrected chi connectivity index (χ1v) is 13.5. The summed E-state index contributed by atoms with van der Waals surface area (Å²) in [7, 11) is -1.28. The van der Waals surface area contributed by atoms with Crippen LogP contribution in [0.1, 0.15) is 11.1 Å². The number of nitrogens with zero attached hydrogens (tertiary/aromatic N) is 4. The van der Waals surface area contributed by atoms with Gasteiger partial charge < -0.3 is 9.64 Å². The Morgan fingerprint density at radius 1 is 1.00 bits per heavy atom. The molecular weight excluding hydrogens is 448 g/mol. The summed E-state index contributed by atoms with van der Waals surface area (Å²) in [6.45, 7) is 2.32. The first-order chi connectivity index (χ1) is 16.4. The number of methoxy groups -OCH3 is 1. The van der Waals surface area contributed by atoms with E-state index in [0.29, 0.717) is 6.54 Å². The van der Waals surface area contributed by atoms with Gasteiger partial charge in [0.25, 0.3) is 0 Å². The minimum Gasteiger partial charge on any atom is -0.496 e. The monoisotopic (exact) mass is 476 g/mol. The first-order valence-electron chi connectivity index (χ1n) is 11.4. The number of rotatable bonds is 6. The van der Waals surface area contributed by atoms with E-state index in [1.807, 2.05) is 24.4 Å². The zero-order valence-electron chi connectivity index (χ0n) is 19.4. The fourth-order valence-electron chi connectivity index (χ4n) is 4.70. The van der Waals surface area contributed by atoms with Gasteiger partial charge in [-0.3, -0.25) is 0 Å². The maximum absolute atomic E-state index is 11.6. The highest BCUT2D eigenvalue weighted by atomic mass is 32.2. The van der Waals surface area contributed by atoms with Crippen molar-refractivity contribution in [1.82, 2.24) is 19.5 Å². The van der Waals surface area contributed by atoms with Crippen molar-refractivity contribution in [3.63, 3.8) is 0 Å². The van der Waals surface area contributed by atoms with Crippen LogP contribution in [0.3, 0.4) is 0 Å². The maximum atomic E-state index is 11.6. The van der Waals surface area contributed by atoms with Gasteiger partial charge in [0, 0.05) is 43.2 Å². The largest absolute Gasteiger partial charge is 0.496 e. The lowest BCUT2D eigenvalue weighted by Gasteiger charge is -2.18. The van der Waals surface area contributed by atoms with E-state index in [1.54, 1.807) is 18.0 Å². The van der Waals surface area contributed by atoms with Crippen LogP contribution >= 0.6 is 0 Å². The van der Waals surface area contributed by atoms with Gasteiger partial charge in [-0.05, 0) is 47.2 Å². The van der Waals surface area contributed by atoms with Gasteiger partial charge in [-0.2, -0.15) is 5.10 Å². The van der Waals surface area contributed by atoms with Gasteiger partial charge in [-0.15, -0.1) is 0 Å². The molecule has 0 aliphatic carbocycles. The molecule has 0 radical (unpaired) electrons. The van der Waals surface area contributed by atoms with Gasteiger partial charge in [0.2, 0.25) is 0 Å². The second-order valence-electron chi connectivity index (χ2n) is 8.79. The third-order valence-electron chi connectivity index (χ3n) is 6.52. The van der Waals surface area contributed by atoms with E-state index in [1.165, 1.54) is 17.4 Å². The van der Waals surface area contributed by atoms with E-state index in [2.05, 4.69) is 45.3 Å². The van der Waals surface area contributed by atoms with E-state index < -0.39 is 9.84 Å². The number of sulfone groups is 1. The number of para-hydroxylation sites is 1. The third-order valence-corrected chi connectivity index (χ3v) is 7.44. The number of hydrogen-bond donors (Lipinski definition) is 0. The van der Waals surface area contributed by atoms with Crippen molar-refractivity contribution in [1.29, 1.82) is 0 Å². The van der Waals surface area contributed by atoms with Crippen molar-refractivity contribution in [2.24, 2.45) is 0 Å². The van der Waals surface area contributed by atoms with Gasteiger partial charge in [0.15, 0.2) is 5.65 Å². The normalized spacial score (nSPS) is 14.6. The highest BCUT2D eigenvalue weighted by Gasteiger charge is 2.20. The molecule has 34 heavy (non-hydrogen) atoms. The molecule has 4 aromatic rings. The average molecular weight is 477 g/mol. The van der Waals surface area contributed by atoms with Crippen molar-refractivity contribution in [2.45, 2.75) is 12.8 Å². The molecule has 3 heterocycles. The fourth-order valence-corrected chi connectivity index (χ4v) is 5.29. The molecule has 5 rings (SSSR count). The summed E-state index contributed by atoms with van der Waals surface area (Å²) in [6, 6.07) is 16.7.